The standard InChI is InChI=1S/C17H14N6O/c18-15(24)14(12-5-2-1-3-6-12)22-10-8-20-16(22)13-11-21-23-9-4-7-19-17(13)23/h1-11,14H,(H2,18,24)/t14-/m0/s1. The molecule has 1 atom stereocenters. The van der Waals surface area contributed by atoms with Crippen molar-refractivity contribution in [3.8, 4) is 11.4 Å². The molecule has 0 aliphatic heterocycles. The lowest BCUT2D eigenvalue weighted by Gasteiger charge is -2.17. The van der Waals surface area contributed by atoms with Gasteiger partial charge in [0.2, 0.25) is 5.91 Å². The lowest BCUT2D eigenvalue weighted by Crippen LogP contribution is -2.27. The summed E-state index contributed by atoms with van der Waals surface area (Å²) in [6.07, 6.45) is 8.56. The van der Waals surface area contributed by atoms with Gasteiger partial charge >= 0.3 is 0 Å². The number of imidazole rings is 1. The molecular weight excluding hydrogens is 304 g/mol. The molecule has 0 unspecified atom stereocenters. The minimum Gasteiger partial charge on any atom is -0.368 e. The Labute approximate surface area is 137 Å². The number of primary amides is 1. The fourth-order valence-electron chi connectivity index (χ4n) is 2.81. The molecule has 4 rings (SSSR count). The highest BCUT2D eigenvalue weighted by atomic mass is 16.1. The van der Waals surface area contributed by atoms with Crippen molar-refractivity contribution in [3.05, 3.63) is 72.9 Å². The lowest BCUT2D eigenvalue weighted by molar-refractivity contribution is -0.120. The summed E-state index contributed by atoms with van der Waals surface area (Å²) in [5, 5.41) is 4.28. The molecule has 3 aromatic heterocycles. The zero-order chi connectivity index (χ0) is 16.5. The number of nitrogens with zero attached hydrogens (tertiary/aromatic N) is 5. The molecule has 0 aliphatic carbocycles. The van der Waals surface area contributed by atoms with E-state index in [1.165, 1.54) is 0 Å². The summed E-state index contributed by atoms with van der Waals surface area (Å²) in [5.41, 5.74) is 7.88. The topological polar surface area (TPSA) is 91.1 Å². The van der Waals surface area contributed by atoms with Crippen molar-refractivity contribution in [2.45, 2.75) is 6.04 Å². The molecule has 0 aliphatic rings. The van der Waals surface area contributed by atoms with E-state index in [9.17, 15) is 4.79 Å². The summed E-state index contributed by atoms with van der Waals surface area (Å²) in [4.78, 5) is 20.9. The molecule has 7 nitrogen and oxygen atoms in total. The Kier molecular flexibility index (Phi) is 3.31. The Bertz CT molecular complexity index is 1000. The maximum absolute atomic E-state index is 12.1. The molecule has 0 radical (unpaired) electrons. The molecule has 0 fully saturated rings. The van der Waals surface area contributed by atoms with E-state index in [0.29, 0.717) is 11.5 Å². The van der Waals surface area contributed by atoms with E-state index in [-0.39, 0.29) is 0 Å². The molecule has 3 heterocycles. The van der Waals surface area contributed by atoms with E-state index in [4.69, 9.17) is 5.73 Å². The van der Waals surface area contributed by atoms with Crippen molar-refractivity contribution in [1.29, 1.82) is 0 Å². The normalized spacial score (nSPS) is 12.3. The van der Waals surface area contributed by atoms with Gasteiger partial charge in [0.25, 0.3) is 0 Å². The predicted molar refractivity (Wildman–Crippen MR) is 88.0 cm³/mol. The second-order valence-corrected chi connectivity index (χ2v) is 5.32. The average molecular weight is 318 g/mol. The van der Waals surface area contributed by atoms with Gasteiger partial charge in [-0.2, -0.15) is 5.10 Å². The highest BCUT2D eigenvalue weighted by molar-refractivity contribution is 5.83. The summed E-state index contributed by atoms with van der Waals surface area (Å²) in [5.74, 6) is 0.140. The third kappa shape index (κ3) is 2.23. The van der Waals surface area contributed by atoms with Gasteiger partial charge in [0.1, 0.15) is 11.9 Å². The molecule has 4 aromatic rings. The minimum absolute atomic E-state index is 0.454. The van der Waals surface area contributed by atoms with E-state index in [1.807, 2.05) is 36.5 Å². The first-order chi connectivity index (χ1) is 11.8. The van der Waals surface area contributed by atoms with Crippen LogP contribution >= 0.6 is 0 Å². The van der Waals surface area contributed by atoms with Crippen LogP contribution in [0.3, 0.4) is 0 Å². The molecule has 0 bridgehead atoms. The zero-order valence-electron chi connectivity index (χ0n) is 12.6. The molecule has 0 spiro atoms. The van der Waals surface area contributed by atoms with Crippen LogP contribution in [0.15, 0.2) is 67.4 Å². The van der Waals surface area contributed by atoms with Crippen LogP contribution < -0.4 is 5.73 Å². The van der Waals surface area contributed by atoms with Gasteiger partial charge in [0.15, 0.2) is 5.65 Å². The summed E-state index contributed by atoms with van der Waals surface area (Å²) in [6.45, 7) is 0. The predicted octanol–water partition coefficient (Wildman–Crippen LogP) is 1.67. The number of carbonyl (C=O) groups excluding carboxylic acids is 1. The van der Waals surface area contributed by atoms with Crippen molar-refractivity contribution in [3.63, 3.8) is 0 Å². The quantitative estimate of drug-likeness (QED) is 0.619. The molecule has 1 aromatic carbocycles. The fourth-order valence-corrected chi connectivity index (χ4v) is 2.81. The summed E-state index contributed by atoms with van der Waals surface area (Å²) in [6, 6.07) is 10.5. The molecular formula is C17H14N6O. The number of amides is 1. The van der Waals surface area contributed by atoms with Gasteiger partial charge in [0, 0.05) is 24.8 Å². The van der Waals surface area contributed by atoms with Gasteiger partial charge in [-0.25, -0.2) is 14.5 Å². The number of benzene rings is 1. The van der Waals surface area contributed by atoms with Crippen LogP contribution in [-0.2, 0) is 4.79 Å². The minimum atomic E-state index is -0.651. The molecule has 7 heteroatoms. The van der Waals surface area contributed by atoms with Crippen LogP contribution in [0, 0.1) is 0 Å². The maximum Gasteiger partial charge on any atom is 0.245 e. The van der Waals surface area contributed by atoms with Gasteiger partial charge in [-0.05, 0) is 11.6 Å². The molecule has 0 saturated heterocycles. The largest absolute Gasteiger partial charge is 0.368 e. The molecule has 2 N–H and O–H groups in total. The van der Waals surface area contributed by atoms with Crippen LogP contribution in [-0.4, -0.2) is 30.1 Å². The maximum atomic E-state index is 12.1. The Balaban J connectivity index is 1.89. The van der Waals surface area contributed by atoms with Gasteiger partial charge in [0.05, 0.1) is 11.8 Å². The number of nitrogens with two attached hydrogens (primary N) is 1. The highest BCUT2D eigenvalue weighted by Gasteiger charge is 2.24. The number of rotatable bonds is 4. The molecule has 0 saturated carbocycles. The van der Waals surface area contributed by atoms with Crippen molar-refractivity contribution in [2.24, 2.45) is 5.73 Å². The van der Waals surface area contributed by atoms with E-state index in [1.54, 1.807) is 39.9 Å². The van der Waals surface area contributed by atoms with E-state index < -0.39 is 11.9 Å². The van der Waals surface area contributed by atoms with Crippen LogP contribution in [0.2, 0.25) is 0 Å². The number of carbonyl (C=O) groups is 1. The van der Waals surface area contributed by atoms with E-state index in [2.05, 4.69) is 15.1 Å². The third-order valence-corrected chi connectivity index (χ3v) is 3.85. The first-order valence-electron chi connectivity index (χ1n) is 7.41. The van der Waals surface area contributed by atoms with Gasteiger partial charge in [-0.15, -0.1) is 0 Å². The Morgan fingerprint density at radius 1 is 1.04 bits per heavy atom. The van der Waals surface area contributed by atoms with Gasteiger partial charge in [-0.1, -0.05) is 30.3 Å². The Morgan fingerprint density at radius 3 is 2.67 bits per heavy atom. The second-order valence-electron chi connectivity index (χ2n) is 5.32. The van der Waals surface area contributed by atoms with E-state index in [0.717, 1.165) is 11.1 Å². The second kappa shape index (κ2) is 5.62. The Hall–Kier alpha value is -3.48. The smallest absolute Gasteiger partial charge is 0.245 e. The van der Waals surface area contributed by atoms with Crippen molar-refractivity contribution < 1.29 is 4.79 Å². The van der Waals surface area contributed by atoms with Crippen LogP contribution in [0.1, 0.15) is 11.6 Å². The average Bonchev–Trinajstić information content (AvgIpc) is 3.22. The summed E-state index contributed by atoms with van der Waals surface area (Å²) >= 11 is 0. The van der Waals surface area contributed by atoms with Gasteiger partial charge in [-0.3, -0.25) is 4.79 Å². The monoisotopic (exact) mass is 318 g/mol. The first kappa shape index (κ1) is 14.1. The lowest BCUT2D eigenvalue weighted by atomic mass is 10.1. The van der Waals surface area contributed by atoms with Crippen LogP contribution in [0.25, 0.3) is 17.0 Å². The van der Waals surface area contributed by atoms with Gasteiger partial charge < -0.3 is 10.3 Å². The molecule has 1 amide bonds. The van der Waals surface area contributed by atoms with Crippen molar-refractivity contribution in [2.75, 3.05) is 0 Å². The van der Waals surface area contributed by atoms with Crippen LogP contribution in [0.4, 0.5) is 0 Å². The first-order valence-corrected chi connectivity index (χ1v) is 7.41. The SMILES string of the molecule is NC(=O)[C@H](c1ccccc1)n1ccnc1-c1cnn2cccnc12. The van der Waals surface area contributed by atoms with Crippen molar-refractivity contribution >= 4 is 11.6 Å². The van der Waals surface area contributed by atoms with E-state index >= 15 is 0 Å². The number of fused-ring (bicyclic) bond motifs is 1. The summed E-state index contributed by atoms with van der Waals surface area (Å²) < 4.78 is 3.42. The third-order valence-electron chi connectivity index (χ3n) is 3.85. The Morgan fingerprint density at radius 2 is 1.88 bits per heavy atom. The van der Waals surface area contributed by atoms with Crippen molar-refractivity contribution in [1.82, 2.24) is 24.1 Å². The number of hydrogen-bond donors (Lipinski definition) is 1. The molecule has 24 heavy (non-hydrogen) atoms. The fraction of sp³-hybridized carbons (Fsp3) is 0.0588. The zero-order valence-corrected chi connectivity index (χ0v) is 12.6. The number of aromatic nitrogens is 5. The summed E-state index contributed by atoms with van der Waals surface area (Å²) in [7, 11) is 0. The molecule has 118 valence electrons. The highest BCUT2D eigenvalue weighted by Crippen LogP contribution is 2.27. The van der Waals surface area contributed by atoms with Crippen LogP contribution in [0.5, 0.6) is 0 Å². The number of hydrogen-bond acceptors (Lipinski definition) is 4.